The molecule has 0 spiro atoms. The SMILES string of the molecule is CC(C)(C(=O)O)N1CCOC(C(=O)NCCC2C3CC4CC(C3)CC2C4)C1. The van der Waals surface area contributed by atoms with E-state index in [2.05, 4.69) is 5.32 Å². The van der Waals surface area contributed by atoms with Gasteiger partial charge < -0.3 is 15.2 Å². The molecular weight excluding hydrogens is 344 g/mol. The third-order valence-corrected chi connectivity index (χ3v) is 7.87. The van der Waals surface area contributed by atoms with Gasteiger partial charge in [0.25, 0.3) is 0 Å². The van der Waals surface area contributed by atoms with Gasteiger partial charge in [-0.25, -0.2) is 0 Å². The molecule has 1 saturated heterocycles. The van der Waals surface area contributed by atoms with Crippen LogP contribution < -0.4 is 5.32 Å². The standard InChI is InChI=1S/C21H34N2O4/c1-21(2,20(25)26)23-5-6-27-18(12-23)19(24)22-4-3-17-15-8-13-7-14(10-15)11-16(17)9-13/h13-18H,3-12H2,1-2H3,(H,22,24)(H,25,26). The Morgan fingerprint density at radius 2 is 1.74 bits per heavy atom. The lowest BCUT2D eigenvalue weighted by molar-refractivity contribution is -0.158. The zero-order valence-corrected chi connectivity index (χ0v) is 16.7. The lowest BCUT2D eigenvalue weighted by Gasteiger charge is -2.54. The van der Waals surface area contributed by atoms with Crippen LogP contribution in [0.5, 0.6) is 0 Å². The normalized spacial score (nSPS) is 38.7. The van der Waals surface area contributed by atoms with Gasteiger partial charge in [-0.2, -0.15) is 0 Å². The number of carbonyl (C=O) groups excluding carboxylic acids is 1. The number of carbonyl (C=O) groups is 2. The first-order chi connectivity index (χ1) is 12.8. The Bertz CT molecular complexity index is 563. The first-order valence-corrected chi connectivity index (χ1v) is 10.7. The third kappa shape index (κ3) is 3.75. The maximum Gasteiger partial charge on any atom is 0.323 e. The van der Waals surface area contributed by atoms with Crippen LogP contribution in [0.25, 0.3) is 0 Å². The van der Waals surface area contributed by atoms with Crippen molar-refractivity contribution in [1.82, 2.24) is 10.2 Å². The number of carboxylic acid groups (broad SMARTS) is 1. The van der Waals surface area contributed by atoms with E-state index in [4.69, 9.17) is 4.74 Å². The molecule has 5 fully saturated rings. The van der Waals surface area contributed by atoms with E-state index in [-0.39, 0.29) is 5.91 Å². The van der Waals surface area contributed by atoms with E-state index in [9.17, 15) is 14.7 Å². The van der Waals surface area contributed by atoms with Gasteiger partial charge in [0.15, 0.2) is 0 Å². The lowest BCUT2D eigenvalue weighted by Crippen LogP contribution is -2.59. The molecule has 1 amide bonds. The zero-order valence-electron chi connectivity index (χ0n) is 16.7. The molecule has 0 radical (unpaired) electrons. The van der Waals surface area contributed by atoms with Crippen LogP contribution in [0, 0.1) is 29.6 Å². The van der Waals surface area contributed by atoms with Crippen LogP contribution in [0.2, 0.25) is 0 Å². The van der Waals surface area contributed by atoms with E-state index in [1.807, 2.05) is 4.90 Å². The first kappa shape index (κ1) is 19.2. The zero-order chi connectivity index (χ0) is 19.2. The molecule has 5 rings (SSSR count). The van der Waals surface area contributed by atoms with Crippen LogP contribution >= 0.6 is 0 Å². The van der Waals surface area contributed by atoms with Crippen molar-refractivity contribution < 1.29 is 19.4 Å². The molecule has 6 heteroatoms. The number of amides is 1. The van der Waals surface area contributed by atoms with Crippen molar-refractivity contribution >= 4 is 11.9 Å². The van der Waals surface area contributed by atoms with Crippen LogP contribution in [0.3, 0.4) is 0 Å². The fourth-order valence-corrected chi connectivity index (χ4v) is 6.44. The van der Waals surface area contributed by atoms with Crippen LogP contribution in [-0.4, -0.2) is 59.8 Å². The summed E-state index contributed by atoms with van der Waals surface area (Å²) in [4.78, 5) is 25.9. The molecule has 4 aliphatic carbocycles. The molecule has 27 heavy (non-hydrogen) atoms. The van der Waals surface area contributed by atoms with Crippen LogP contribution in [0.1, 0.15) is 52.4 Å². The molecule has 152 valence electrons. The largest absolute Gasteiger partial charge is 0.480 e. The topological polar surface area (TPSA) is 78.9 Å². The molecule has 1 aliphatic heterocycles. The molecule has 0 aromatic carbocycles. The Balaban J connectivity index is 1.25. The average molecular weight is 379 g/mol. The van der Waals surface area contributed by atoms with Gasteiger partial charge >= 0.3 is 5.97 Å². The first-order valence-electron chi connectivity index (χ1n) is 10.7. The molecule has 2 N–H and O–H groups in total. The van der Waals surface area contributed by atoms with Gasteiger partial charge in [-0.15, -0.1) is 0 Å². The number of carboxylic acids is 1. The average Bonchev–Trinajstić information content (AvgIpc) is 2.63. The predicted octanol–water partition coefficient (Wildman–Crippen LogP) is 2.13. The van der Waals surface area contributed by atoms with Gasteiger partial charge in [0.05, 0.1) is 6.61 Å². The molecule has 0 aromatic heterocycles. The smallest absolute Gasteiger partial charge is 0.323 e. The summed E-state index contributed by atoms with van der Waals surface area (Å²) in [6.07, 6.45) is 7.63. The van der Waals surface area contributed by atoms with Crippen molar-refractivity contribution in [3.63, 3.8) is 0 Å². The summed E-state index contributed by atoms with van der Waals surface area (Å²) in [6.45, 7) is 5.35. The number of hydrogen-bond donors (Lipinski definition) is 2. The summed E-state index contributed by atoms with van der Waals surface area (Å²) in [5.74, 6) is 3.56. The second-order valence-corrected chi connectivity index (χ2v) is 9.84. The van der Waals surface area contributed by atoms with E-state index < -0.39 is 17.6 Å². The highest BCUT2D eigenvalue weighted by atomic mass is 16.5. The van der Waals surface area contributed by atoms with Crippen LogP contribution in [0.15, 0.2) is 0 Å². The summed E-state index contributed by atoms with van der Waals surface area (Å²) in [5.41, 5.74) is -0.983. The summed E-state index contributed by atoms with van der Waals surface area (Å²) >= 11 is 0. The Labute approximate surface area is 162 Å². The molecule has 6 nitrogen and oxygen atoms in total. The minimum atomic E-state index is -0.983. The van der Waals surface area contributed by atoms with E-state index in [0.29, 0.717) is 26.2 Å². The molecule has 1 unspecified atom stereocenters. The number of nitrogens with zero attached hydrogens (tertiary/aromatic N) is 1. The van der Waals surface area contributed by atoms with E-state index >= 15 is 0 Å². The second-order valence-electron chi connectivity index (χ2n) is 9.84. The molecule has 5 aliphatic rings. The van der Waals surface area contributed by atoms with Crippen LogP contribution in [-0.2, 0) is 14.3 Å². The van der Waals surface area contributed by atoms with Crippen molar-refractivity contribution in [2.75, 3.05) is 26.2 Å². The van der Waals surface area contributed by atoms with Gasteiger partial charge in [0.2, 0.25) is 5.91 Å². The van der Waals surface area contributed by atoms with E-state index in [1.165, 1.54) is 32.1 Å². The fourth-order valence-electron chi connectivity index (χ4n) is 6.44. The summed E-state index contributed by atoms with van der Waals surface area (Å²) in [7, 11) is 0. The Morgan fingerprint density at radius 3 is 2.33 bits per heavy atom. The van der Waals surface area contributed by atoms with Gasteiger partial charge in [-0.05, 0) is 82.0 Å². The molecular formula is C21H34N2O4. The second kappa shape index (κ2) is 7.36. The predicted molar refractivity (Wildman–Crippen MR) is 101 cm³/mol. The minimum absolute atomic E-state index is 0.0929. The Morgan fingerprint density at radius 1 is 1.11 bits per heavy atom. The molecule has 1 atom stereocenters. The number of rotatable bonds is 6. The summed E-state index contributed by atoms with van der Waals surface area (Å²) < 4.78 is 5.64. The minimum Gasteiger partial charge on any atom is -0.480 e. The number of hydrogen-bond acceptors (Lipinski definition) is 4. The van der Waals surface area contributed by atoms with Gasteiger partial charge in [-0.1, -0.05) is 0 Å². The monoisotopic (exact) mass is 378 g/mol. The van der Waals surface area contributed by atoms with Gasteiger partial charge in [0, 0.05) is 19.6 Å². The lowest BCUT2D eigenvalue weighted by atomic mass is 9.51. The maximum absolute atomic E-state index is 12.6. The van der Waals surface area contributed by atoms with Gasteiger partial charge in [0.1, 0.15) is 11.6 Å². The Hall–Kier alpha value is -1.14. The van der Waals surface area contributed by atoms with E-state index in [1.54, 1.807) is 13.8 Å². The Kier molecular flexibility index (Phi) is 5.23. The van der Waals surface area contributed by atoms with Crippen molar-refractivity contribution in [2.45, 2.75) is 64.0 Å². The third-order valence-electron chi connectivity index (χ3n) is 7.87. The molecule has 4 bridgehead atoms. The highest BCUT2D eigenvalue weighted by Crippen LogP contribution is 2.57. The van der Waals surface area contributed by atoms with Crippen LogP contribution in [0.4, 0.5) is 0 Å². The van der Waals surface area contributed by atoms with Gasteiger partial charge in [-0.3, -0.25) is 14.5 Å². The van der Waals surface area contributed by atoms with Crippen molar-refractivity contribution in [3.8, 4) is 0 Å². The number of morpholine rings is 1. The van der Waals surface area contributed by atoms with Crippen molar-refractivity contribution in [3.05, 3.63) is 0 Å². The summed E-state index contributed by atoms with van der Waals surface area (Å²) in [6, 6.07) is 0. The summed E-state index contributed by atoms with van der Waals surface area (Å²) in [5, 5.41) is 12.5. The number of ether oxygens (including phenoxy) is 1. The molecule has 4 saturated carbocycles. The highest BCUT2D eigenvalue weighted by Gasteiger charge is 2.47. The number of aliphatic carboxylic acids is 1. The highest BCUT2D eigenvalue weighted by molar-refractivity contribution is 5.81. The molecule has 0 aromatic rings. The van der Waals surface area contributed by atoms with Crippen molar-refractivity contribution in [2.24, 2.45) is 29.6 Å². The van der Waals surface area contributed by atoms with Crippen molar-refractivity contribution in [1.29, 1.82) is 0 Å². The molecule has 1 heterocycles. The van der Waals surface area contributed by atoms with E-state index in [0.717, 1.165) is 36.0 Å². The maximum atomic E-state index is 12.6. The number of nitrogens with one attached hydrogen (secondary N) is 1. The fraction of sp³-hybridized carbons (Fsp3) is 0.905. The quantitative estimate of drug-likeness (QED) is 0.740.